The van der Waals surface area contributed by atoms with Crippen LogP contribution in [0.15, 0.2) is 35.8 Å². The van der Waals surface area contributed by atoms with Crippen LogP contribution in [-0.4, -0.2) is 17.6 Å². The van der Waals surface area contributed by atoms with Crippen LogP contribution in [0.25, 0.3) is 0 Å². The molecule has 1 N–H and O–H groups in total. The first kappa shape index (κ1) is 14.2. The zero-order chi connectivity index (χ0) is 13.5. The van der Waals surface area contributed by atoms with Gasteiger partial charge in [0, 0.05) is 17.5 Å². The Hall–Kier alpha value is -1.19. The molecule has 1 heterocycles. The van der Waals surface area contributed by atoms with Crippen LogP contribution in [0.2, 0.25) is 0 Å². The molecule has 2 nitrogen and oxygen atoms in total. The van der Waals surface area contributed by atoms with E-state index in [0.717, 1.165) is 19.4 Å². The van der Waals surface area contributed by atoms with Crippen LogP contribution in [-0.2, 0) is 12.8 Å². The van der Waals surface area contributed by atoms with Crippen LogP contribution in [0.3, 0.4) is 0 Å². The number of hydrogen-bond donors (Lipinski definition) is 1. The second-order valence-corrected chi connectivity index (χ2v) is 5.93. The van der Waals surface area contributed by atoms with Gasteiger partial charge in [-0.15, -0.1) is 11.3 Å². The highest BCUT2D eigenvalue weighted by Gasteiger charge is 2.04. The third-order valence-corrected chi connectivity index (χ3v) is 4.39. The topological polar surface area (TPSA) is 24.9 Å². The fourth-order valence-electron chi connectivity index (χ4n) is 2.13. The van der Waals surface area contributed by atoms with Crippen molar-refractivity contribution in [2.75, 3.05) is 6.54 Å². The van der Waals surface area contributed by atoms with Crippen LogP contribution < -0.4 is 5.32 Å². The highest BCUT2D eigenvalue weighted by atomic mass is 32.1. The Morgan fingerprint density at radius 2 is 2.00 bits per heavy atom. The first-order valence-corrected chi connectivity index (χ1v) is 7.80. The predicted molar refractivity (Wildman–Crippen MR) is 82.8 cm³/mol. The summed E-state index contributed by atoms with van der Waals surface area (Å²) in [5.74, 6) is 0. The number of nitrogens with zero attached hydrogens (tertiary/aromatic N) is 1. The molecule has 1 atom stereocenters. The number of aryl methyl sites for hydroxylation is 2. The van der Waals surface area contributed by atoms with Gasteiger partial charge in [-0.3, -0.25) is 0 Å². The summed E-state index contributed by atoms with van der Waals surface area (Å²) in [6.07, 6.45) is 3.42. The summed E-state index contributed by atoms with van der Waals surface area (Å²) < 4.78 is 0. The second-order valence-electron chi connectivity index (χ2n) is 4.99. The van der Waals surface area contributed by atoms with Gasteiger partial charge in [-0.25, -0.2) is 4.98 Å². The largest absolute Gasteiger partial charge is 0.314 e. The van der Waals surface area contributed by atoms with Gasteiger partial charge in [0.15, 0.2) is 0 Å². The van der Waals surface area contributed by atoms with Crippen molar-refractivity contribution in [1.82, 2.24) is 10.3 Å². The van der Waals surface area contributed by atoms with E-state index >= 15 is 0 Å². The van der Waals surface area contributed by atoms with Crippen molar-refractivity contribution in [3.63, 3.8) is 0 Å². The number of hydrogen-bond acceptors (Lipinski definition) is 3. The Kier molecular flexibility index (Phi) is 5.55. The number of thiazole rings is 1. The molecule has 1 aromatic carbocycles. The molecule has 1 unspecified atom stereocenters. The number of aromatic nitrogens is 1. The Bertz CT molecular complexity index is 479. The minimum atomic E-state index is 0.563. The highest BCUT2D eigenvalue weighted by Crippen LogP contribution is 2.12. The van der Waals surface area contributed by atoms with Gasteiger partial charge >= 0.3 is 0 Å². The van der Waals surface area contributed by atoms with E-state index in [9.17, 15) is 0 Å². The van der Waals surface area contributed by atoms with Gasteiger partial charge in [-0.2, -0.15) is 0 Å². The van der Waals surface area contributed by atoms with E-state index < -0.39 is 0 Å². The summed E-state index contributed by atoms with van der Waals surface area (Å²) in [6.45, 7) is 5.39. The minimum Gasteiger partial charge on any atom is -0.314 e. The first-order chi connectivity index (χ1) is 9.25. The van der Waals surface area contributed by atoms with Crippen LogP contribution in [0.1, 0.15) is 29.5 Å². The maximum atomic E-state index is 4.28. The maximum absolute atomic E-state index is 4.28. The molecule has 0 bridgehead atoms. The fraction of sp³-hybridized carbons (Fsp3) is 0.438. The highest BCUT2D eigenvalue weighted by molar-refractivity contribution is 7.09. The van der Waals surface area contributed by atoms with Crippen LogP contribution in [0, 0.1) is 6.92 Å². The zero-order valence-electron chi connectivity index (χ0n) is 11.7. The second kappa shape index (κ2) is 7.41. The molecule has 102 valence electrons. The van der Waals surface area contributed by atoms with Crippen molar-refractivity contribution in [1.29, 1.82) is 0 Å². The van der Waals surface area contributed by atoms with E-state index in [1.807, 2.05) is 5.51 Å². The van der Waals surface area contributed by atoms with E-state index in [-0.39, 0.29) is 0 Å². The summed E-state index contributed by atoms with van der Waals surface area (Å²) in [6, 6.07) is 11.3. The molecule has 2 aromatic rings. The molecule has 2 rings (SSSR count). The van der Waals surface area contributed by atoms with Crippen molar-refractivity contribution in [3.8, 4) is 0 Å². The van der Waals surface area contributed by atoms with Gasteiger partial charge in [-0.1, -0.05) is 30.3 Å². The molecular weight excluding hydrogens is 252 g/mol. The van der Waals surface area contributed by atoms with Crippen molar-refractivity contribution in [3.05, 3.63) is 52.0 Å². The van der Waals surface area contributed by atoms with E-state index in [1.54, 1.807) is 11.3 Å². The first-order valence-electron chi connectivity index (χ1n) is 6.92. The molecular formula is C16H22N2S. The number of benzene rings is 1. The molecule has 0 aliphatic heterocycles. The standard InChI is InChI=1S/C16H22N2S/c1-13(8-9-15-6-4-3-5-7-15)17-11-10-16-14(2)18-12-19-16/h3-7,12-13,17H,8-11H2,1-2H3. The lowest BCUT2D eigenvalue weighted by Crippen LogP contribution is -2.28. The molecule has 0 fully saturated rings. The summed E-state index contributed by atoms with van der Waals surface area (Å²) >= 11 is 1.76. The molecule has 0 spiro atoms. The Labute approximate surface area is 119 Å². The molecule has 1 aromatic heterocycles. The van der Waals surface area contributed by atoms with Crippen LogP contribution in [0.5, 0.6) is 0 Å². The van der Waals surface area contributed by atoms with Crippen molar-refractivity contribution in [2.45, 2.75) is 39.2 Å². The average Bonchev–Trinajstić information content (AvgIpc) is 2.83. The normalized spacial score (nSPS) is 12.5. The molecule has 3 heteroatoms. The van der Waals surface area contributed by atoms with Gasteiger partial charge in [0.25, 0.3) is 0 Å². The Morgan fingerprint density at radius 3 is 2.68 bits per heavy atom. The lowest BCUT2D eigenvalue weighted by molar-refractivity contribution is 0.518. The lowest BCUT2D eigenvalue weighted by Gasteiger charge is -2.13. The van der Waals surface area contributed by atoms with Crippen molar-refractivity contribution >= 4 is 11.3 Å². The van der Waals surface area contributed by atoms with E-state index in [4.69, 9.17) is 0 Å². The summed E-state index contributed by atoms with van der Waals surface area (Å²) in [5, 5.41) is 3.60. The molecule has 19 heavy (non-hydrogen) atoms. The zero-order valence-corrected chi connectivity index (χ0v) is 12.5. The third-order valence-electron chi connectivity index (χ3n) is 3.40. The van der Waals surface area contributed by atoms with Gasteiger partial charge < -0.3 is 5.32 Å². The average molecular weight is 274 g/mol. The Morgan fingerprint density at radius 1 is 1.21 bits per heavy atom. The Balaban J connectivity index is 1.65. The van der Waals surface area contributed by atoms with Crippen molar-refractivity contribution in [2.24, 2.45) is 0 Å². The van der Waals surface area contributed by atoms with E-state index in [0.29, 0.717) is 6.04 Å². The summed E-state index contributed by atoms with van der Waals surface area (Å²) in [5.41, 5.74) is 4.54. The number of rotatable bonds is 7. The fourth-order valence-corrected chi connectivity index (χ4v) is 2.91. The molecule has 0 aliphatic rings. The SMILES string of the molecule is Cc1ncsc1CCNC(C)CCc1ccccc1. The molecule has 0 amide bonds. The molecule has 0 saturated carbocycles. The number of nitrogens with one attached hydrogen (secondary N) is 1. The van der Waals surface area contributed by atoms with Gasteiger partial charge in [-0.05, 0) is 38.7 Å². The van der Waals surface area contributed by atoms with Gasteiger partial charge in [0.1, 0.15) is 0 Å². The van der Waals surface area contributed by atoms with E-state index in [1.165, 1.54) is 22.6 Å². The van der Waals surface area contributed by atoms with Crippen molar-refractivity contribution < 1.29 is 0 Å². The van der Waals surface area contributed by atoms with Gasteiger partial charge in [0.05, 0.1) is 11.2 Å². The van der Waals surface area contributed by atoms with E-state index in [2.05, 4.69) is 54.5 Å². The third kappa shape index (κ3) is 4.77. The lowest BCUT2D eigenvalue weighted by atomic mass is 10.1. The van der Waals surface area contributed by atoms with Crippen LogP contribution in [0.4, 0.5) is 0 Å². The van der Waals surface area contributed by atoms with Crippen LogP contribution >= 0.6 is 11.3 Å². The quantitative estimate of drug-likeness (QED) is 0.834. The summed E-state index contributed by atoms with van der Waals surface area (Å²) in [4.78, 5) is 5.69. The molecule has 0 aliphatic carbocycles. The molecule has 0 saturated heterocycles. The predicted octanol–water partition coefficient (Wildman–Crippen LogP) is 3.60. The maximum Gasteiger partial charge on any atom is 0.0797 e. The summed E-state index contributed by atoms with van der Waals surface area (Å²) in [7, 11) is 0. The minimum absolute atomic E-state index is 0.563. The monoisotopic (exact) mass is 274 g/mol. The molecule has 0 radical (unpaired) electrons. The smallest absolute Gasteiger partial charge is 0.0797 e. The van der Waals surface area contributed by atoms with Gasteiger partial charge in [0.2, 0.25) is 0 Å².